The molecule has 1 heterocycles. The molecule has 1 aromatic heterocycles. The summed E-state index contributed by atoms with van der Waals surface area (Å²) in [5.41, 5.74) is 0.0472. The molecule has 29 heavy (non-hydrogen) atoms. The Balaban J connectivity index is 1.56. The summed E-state index contributed by atoms with van der Waals surface area (Å²) in [7, 11) is 0. The normalized spacial score (nSPS) is 11.1. The summed E-state index contributed by atoms with van der Waals surface area (Å²) in [6, 6.07) is 13.4. The molecule has 0 fully saturated rings. The van der Waals surface area contributed by atoms with Crippen molar-refractivity contribution in [1.82, 2.24) is 4.90 Å². The van der Waals surface area contributed by atoms with Crippen molar-refractivity contribution in [2.45, 2.75) is 13.3 Å². The Labute approximate surface area is 174 Å². The van der Waals surface area contributed by atoms with E-state index >= 15 is 0 Å². The molecule has 0 saturated heterocycles. The van der Waals surface area contributed by atoms with E-state index in [1.807, 2.05) is 42.5 Å². The molecule has 2 aromatic carbocycles. The molecule has 0 radical (unpaired) electrons. The molecule has 0 aliphatic carbocycles. The number of hydrogen-bond donors (Lipinski definition) is 0. The first-order chi connectivity index (χ1) is 14.1. The predicted molar refractivity (Wildman–Crippen MR) is 119 cm³/mol. The number of rotatable bonds is 10. The number of hydrogen-bond acceptors (Lipinski definition) is 6. The minimum atomic E-state index is -0.396. The molecular weight excluding hydrogens is 386 g/mol. The Morgan fingerprint density at radius 1 is 1.10 bits per heavy atom. The molecule has 0 bridgehead atoms. The fraction of sp³-hybridized carbons (Fsp3) is 0.304. The molecule has 0 unspecified atom stereocenters. The number of ether oxygens (including phenoxy) is 2. The summed E-state index contributed by atoms with van der Waals surface area (Å²) in [5.74, 6) is 0.312. The van der Waals surface area contributed by atoms with Crippen molar-refractivity contribution in [3.8, 4) is 5.75 Å². The summed E-state index contributed by atoms with van der Waals surface area (Å²) in [6.45, 7) is 8.76. The highest BCUT2D eigenvalue weighted by Crippen LogP contribution is 2.27. The maximum Gasteiger partial charge on any atom is 0.330 e. The molecule has 0 aliphatic rings. The molecule has 3 aromatic rings. The number of carbonyl (C=O) groups excluding carboxylic acids is 1. The van der Waals surface area contributed by atoms with Gasteiger partial charge in [0.25, 0.3) is 0 Å². The van der Waals surface area contributed by atoms with Crippen LogP contribution in [-0.2, 0) is 9.53 Å². The standard InChI is InChI=1S/C23H25NO4S/c1-3-22(25)28-15-13-24(4-2)12-7-14-27-17-10-11-21-19(16-17)23(26)18-8-5-6-9-20(18)29-21/h3,5-6,8-11,16H,1,4,7,12-15H2,2H3. The Bertz CT molecular complexity index is 1060. The van der Waals surface area contributed by atoms with Gasteiger partial charge in [-0.3, -0.25) is 4.79 Å². The largest absolute Gasteiger partial charge is 0.494 e. The highest BCUT2D eigenvalue weighted by Gasteiger charge is 2.08. The summed E-state index contributed by atoms with van der Waals surface area (Å²) >= 11 is 1.62. The van der Waals surface area contributed by atoms with Gasteiger partial charge in [0.1, 0.15) is 12.4 Å². The fourth-order valence-electron chi connectivity index (χ4n) is 3.11. The van der Waals surface area contributed by atoms with Gasteiger partial charge in [-0.25, -0.2) is 4.79 Å². The summed E-state index contributed by atoms with van der Waals surface area (Å²) in [4.78, 5) is 26.1. The SMILES string of the molecule is C=CC(=O)OCCN(CC)CCCOc1ccc2sc3ccccc3c(=O)c2c1. The average molecular weight is 412 g/mol. The van der Waals surface area contributed by atoms with Crippen LogP contribution in [0.5, 0.6) is 5.75 Å². The van der Waals surface area contributed by atoms with Gasteiger partial charge in [-0.05, 0) is 43.3 Å². The number of likely N-dealkylation sites (N-methyl/N-ethyl adjacent to an activating group) is 1. The third-order valence-corrected chi connectivity index (χ3v) is 5.85. The first-order valence-corrected chi connectivity index (χ1v) is 10.5. The van der Waals surface area contributed by atoms with Crippen molar-refractivity contribution in [2.75, 3.05) is 32.8 Å². The van der Waals surface area contributed by atoms with E-state index in [4.69, 9.17) is 9.47 Å². The van der Waals surface area contributed by atoms with Crippen LogP contribution in [0.2, 0.25) is 0 Å². The molecule has 0 spiro atoms. The number of nitrogens with zero attached hydrogens (tertiary/aromatic N) is 1. The minimum Gasteiger partial charge on any atom is -0.494 e. The Hall–Kier alpha value is -2.70. The van der Waals surface area contributed by atoms with E-state index in [-0.39, 0.29) is 5.43 Å². The summed E-state index contributed by atoms with van der Waals surface area (Å²) in [6.07, 6.45) is 2.01. The van der Waals surface area contributed by atoms with Gasteiger partial charge in [0.2, 0.25) is 0 Å². The van der Waals surface area contributed by atoms with E-state index in [2.05, 4.69) is 18.4 Å². The second-order valence-corrected chi connectivity index (χ2v) is 7.68. The van der Waals surface area contributed by atoms with Crippen LogP contribution in [0.15, 0.2) is 59.9 Å². The molecule has 0 atom stereocenters. The van der Waals surface area contributed by atoms with E-state index in [0.717, 1.165) is 34.3 Å². The maximum atomic E-state index is 12.8. The van der Waals surface area contributed by atoms with Crippen molar-refractivity contribution in [1.29, 1.82) is 0 Å². The van der Waals surface area contributed by atoms with Crippen LogP contribution < -0.4 is 10.2 Å². The zero-order valence-corrected chi connectivity index (χ0v) is 17.4. The lowest BCUT2D eigenvalue weighted by Crippen LogP contribution is -2.29. The van der Waals surface area contributed by atoms with E-state index in [1.54, 1.807) is 11.3 Å². The molecule has 0 aliphatic heterocycles. The van der Waals surface area contributed by atoms with Crippen molar-refractivity contribution >= 4 is 37.5 Å². The molecule has 0 saturated carbocycles. The van der Waals surface area contributed by atoms with Gasteiger partial charge < -0.3 is 14.4 Å². The van der Waals surface area contributed by atoms with Gasteiger partial charge in [-0.2, -0.15) is 0 Å². The number of esters is 1. The van der Waals surface area contributed by atoms with Gasteiger partial charge in [-0.15, -0.1) is 11.3 Å². The Morgan fingerprint density at radius 3 is 2.69 bits per heavy atom. The van der Waals surface area contributed by atoms with Crippen molar-refractivity contribution in [2.24, 2.45) is 0 Å². The molecule has 6 heteroatoms. The predicted octanol–water partition coefficient (Wildman–Crippen LogP) is 4.23. The maximum absolute atomic E-state index is 12.8. The topological polar surface area (TPSA) is 55.8 Å². The second kappa shape index (κ2) is 10.2. The number of fused-ring (bicyclic) bond motifs is 2. The highest BCUT2D eigenvalue weighted by molar-refractivity contribution is 7.24. The van der Waals surface area contributed by atoms with Crippen LogP contribution in [0.25, 0.3) is 20.2 Å². The second-order valence-electron chi connectivity index (χ2n) is 6.59. The first-order valence-electron chi connectivity index (χ1n) is 9.72. The number of benzene rings is 2. The van der Waals surface area contributed by atoms with Crippen LogP contribution in [0.3, 0.4) is 0 Å². The van der Waals surface area contributed by atoms with Crippen LogP contribution in [0.1, 0.15) is 13.3 Å². The monoisotopic (exact) mass is 411 g/mol. The van der Waals surface area contributed by atoms with Crippen LogP contribution >= 0.6 is 11.3 Å². The lowest BCUT2D eigenvalue weighted by atomic mass is 10.2. The zero-order valence-electron chi connectivity index (χ0n) is 16.6. The fourth-order valence-corrected chi connectivity index (χ4v) is 4.16. The van der Waals surface area contributed by atoms with Crippen LogP contribution in [0.4, 0.5) is 0 Å². The third-order valence-electron chi connectivity index (χ3n) is 4.70. The van der Waals surface area contributed by atoms with Gasteiger partial charge in [-0.1, -0.05) is 25.6 Å². The quantitative estimate of drug-likeness (QED) is 0.216. The lowest BCUT2D eigenvalue weighted by molar-refractivity contribution is -0.138. The van der Waals surface area contributed by atoms with Crippen molar-refractivity contribution in [3.05, 3.63) is 65.3 Å². The van der Waals surface area contributed by atoms with Crippen LogP contribution in [-0.4, -0.2) is 43.7 Å². The van der Waals surface area contributed by atoms with E-state index in [9.17, 15) is 9.59 Å². The van der Waals surface area contributed by atoms with E-state index in [0.29, 0.717) is 30.9 Å². The third kappa shape index (κ3) is 5.43. The molecule has 5 nitrogen and oxygen atoms in total. The van der Waals surface area contributed by atoms with Gasteiger partial charge >= 0.3 is 5.97 Å². The highest BCUT2D eigenvalue weighted by atomic mass is 32.1. The smallest absolute Gasteiger partial charge is 0.330 e. The molecule has 0 amide bonds. The molecular formula is C23H25NO4S. The lowest BCUT2D eigenvalue weighted by Gasteiger charge is -2.20. The first kappa shape index (κ1) is 21.0. The van der Waals surface area contributed by atoms with Crippen molar-refractivity contribution in [3.63, 3.8) is 0 Å². The molecule has 152 valence electrons. The van der Waals surface area contributed by atoms with E-state index < -0.39 is 5.97 Å². The average Bonchev–Trinajstić information content (AvgIpc) is 2.75. The van der Waals surface area contributed by atoms with Gasteiger partial charge in [0.05, 0.1) is 6.61 Å². The summed E-state index contributed by atoms with van der Waals surface area (Å²) in [5, 5.41) is 1.45. The summed E-state index contributed by atoms with van der Waals surface area (Å²) < 4.78 is 12.9. The molecule has 3 rings (SSSR count). The van der Waals surface area contributed by atoms with Gasteiger partial charge in [0.15, 0.2) is 5.43 Å². The van der Waals surface area contributed by atoms with Crippen LogP contribution in [0, 0.1) is 0 Å². The van der Waals surface area contributed by atoms with Gasteiger partial charge in [0, 0.05) is 39.3 Å². The molecule has 0 N–H and O–H groups in total. The van der Waals surface area contributed by atoms with E-state index in [1.165, 1.54) is 6.08 Å². The Kier molecular flexibility index (Phi) is 7.38. The number of carbonyl (C=O) groups is 1. The van der Waals surface area contributed by atoms with Crippen molar-refractivity contribution < 1.29 is 14.3 Å². The minimum absolute atomic E-state index is 0.0472. The Morgan fingerprint density at radius 2 is 1.90 bits per heavy atom. The zero-order chi connectivity index (χ0) is 20.6.